The van der Waals surface area contributed by atoms with Crippen LogP contribution in [0.2, 0.25) is 0 Å². The van der Waals surface area contributed by atoms with Crippen molar-refractivity contribution in [3.05, 3.63) is 0 Å². The first-order chi connectivity index (χ1) is 9.25. The summed E-state index contributed by atoms with van der Waals surface area (Å²) in [6, 6.07) is 0. The first kappa shape index (κ1) is 21.1. The average Bonchev–Trinajstić information content (AvgIpc) is 2.08. The van der Waals surface area contributed by atoms with Crippen molar-refractivity contribution in [2.24, 2.45) is 5.92 Å². The molecule has 15 heteroatoms. The Morgan fingerprint density at radius 3 is 1.27 bits per heavy atom. The maximum Gasteiger partial charge on any atom is 0.454 e. The lowest BCUT2D eigenvalue weighted by molar-refractivity contribution is -0.363. The van der Waals surface area contributed by atoms with Crippen LogP contribution in [0.1, 0.15) is 0 Å². The molecule has 4 nitrogen and oxygen atoms in total. The third-order valence-corrected chi connectivity index (χ3v) is 2.89. The quantitative estimate of drug-likeness (QED) is 0.574. The van der Waals surface area contributed by atoms with E-state index in [0.29, 0.717) is 0 Å². The van der Waals surface area contributed by atoms with E-state index in [-0.39, 0.29) is 0 Å². The lowest BCUT2D eigenvalue weighted by atomic mass is 9.89. The predicted molar refractivity (Wildman–Crippen MR) is 47.4 cm³/mol. The Labute approximate surface area is 114 Å². The molecule has 0 aromatic carbocycles. The number of carbonyl (C=O) groups is 1. The summed E-state index contributed by atoms with van der Waals surface area (Å²) >= 11 is 0. The second kappa shape index (κ2) is 5.64. The maximum absolute atomic E-state index is 12.9. The highest BCUT2D eigenvalue weighted by atomic mass is 31.2. The molecule has 0 rings (SSSR count). The fourth-order valence-corrected chi connectivity index (χ4v) is 1.84. The van der Waals surface area contributed by atoms with Crippen LogP contribution in [-0.4, -0.2) is 45.9 Å². The van der Waals surface area contributed by atoms with Crippen LogP contribution < -0.4 is 0 Å². The van der Waals surface area contributed by atoms with E-state index in [9.17, 15) is 53.3 Å². The molecule has 0 unspecified atom stereocenters. The first-order valence-corrected chi connectivity index (χ1v) is 6.51. The lowest BCUT2D eigenvalue weighted by Gasteiger charge is -2.34. The Balaban J connectivity index is 6.15. The van der Waals surface area contributed by atoms with Crippen molar-refractivity contribution in [3.63, 3.8) is 0 Å². The third-order valence-electron chi connectivity index (χ3n) is 2.16. The molecule has 0 amide bonds. The molecule has 0 aliphatic rings. The second-order valence-electron chi connectivity index (χ2n) is 3.96. The van der Waals surface area contributed by atoms with Crippen LogP contribution in [0.3, 0.4) is 0 Å². The molecule has 22 heavy (non-hydrogen) atoms. The van der Waals surface area contributed by atoms with Gasteiger partial charge in [-0.2, -0.15) is 43.9 Å². The zero-order valence-corrected chi connectivity index (χ0v) is 10.6. The molecule has 0 atom stereocenters. The van der Waals surface area contributed by atoms with E-state index in [1.54, 1.807) is 0 Å². The molecular weight excluding hydrogens is 369 g/mol. The topological polar surface area (TPSA) is 74.6 Å². The van der Waals surface area contributed by atoms with Gasteiger partial charge >= 0.3 is 31.8 Å². The van der Waals surface area contributed by atoms with Gasteiger partial charge in [0.2, 0.25) is 0 Å². The van der Waals surface area contributed by atoms with Gasteiger partial charge in [-0.05, 0) is 0 Å². The van der Waals surface area contributed by atoms with Crippen molar-refractivity contribution in [2.45, 2.75) is 24.2 Å². The minimum absolute atomic E-state index is 2.64. The van der Waals surface area contributed by atoms with E-state index in [1.807, 2.05) is 0 Å². The van der Waals surface area contributed by atoms with Gasteiger partial charge in [0.1, 0.15) is 6.16 Å². The Hall–Kier alpha value is -0.880. The normalized spacial score (nSPS) is 15.3. The highest BCUT2D eigenvalue weighted by molar-refractivity contribution is 7.52. The fraction of sp³-hybridized carbons (Fsp3) is 0.857. The molecule has 2 N–H and O–H groups in total. The van der Waals surface area contributed by atoms with Crippen LogP contribution in [0.4, 0.5) is 43.9 Å². The third kappa shape index (κ3) is 4.32. The SMILES string of the molecule is O=C(CP(=O)(O)O)C(C(F)(F)C(F)(F)F)C(F)(F)C(F)(F)F. The summed E-state index contributed by atoms with van der Waals surface area (Å²) in [6.07, 6.45) is -16.6. The van der Waals surface area contributed by atoms with Crippen LogP contribution in [-0.2, 0) is 9.36 Å². The molecule has 0 bridgehead atoms. The van der Waals surface area contributed by atoms with Gasteiger partial charge in [-0.15, -0.1) is 0 Å². The molecule has 132 valence electrons. The van der Waals surface area contributed by atoms with Crippen molar-refractivity contribution >= 4 is 13.4 Å². The Bertz CT molecular complexity index is 449. The second-order valence-corrected chi connectivity index (χ2v) is 5.61. The van der Waals surface area contributed by atoms with Crippen LogP contribution in [0.25, 0.3) is 0 Å². The molecule has 0 heterocycles. The monoisotopic (exact) mass is 374 g/mol. The summed E-state index contributed by atoms with van der Waals surface area (Å²) in [5.41, 5.74) is 0. The zero-order valence-electron chi connectivity index (χ0n) is 9.72. The molecule has 0 aromatic heterocycles. The Morgan fingerprint density at radius 2 is 1.09 bits per heavy atom. The van der Waals surface area contributed by atoms with Crippen molar-refractivity contribution in [2.75, 3.05) is 6.16 Å². The summed E-state index contributed by atoms with van der Waals surface area (Å²) in [4.78, 5) is 27.3. The number of ketones is 1. The van der Waals surface area contributed by atoms with Crippen LogP contribution in [0.5, 0.6) is 0 Å². The van der Waals surface area contributed by atoms with Gasteiger partial charge in [0.25, 0.3) is 0 Å². The Morgan fingerprint density at radius 1 is 0.818 bits per heavy atom. The first-order valence-electron chi connectivity index (χ1n) is 4.71. The highest BCUT2D eigenvalue weighted by Gasteiger charge is 2.78. The van der Waals surface area contributed by atoms with Gasteiger partial charge in [-0.1, -0.05) is 0 Å². The minimum atomic E-state index is -6.99. The van der Waals surface area contributed by atoms with E-state index in [0.717, 1.165) is 0 Å². The molecule has 0 aliphatic carbocycles. The molecular formula is C7H5F10O4P. The molecule has 0 fully saturated rings. The van der Waals surface area contributed by atoms with Crippen molar-refractivity contribution in [1.82, 2.24) is 0 Å². The minimum Gasteiger partial charge on any atom is -0.324 e. The number of halogens is 10. The summed E-state index contributed by atoms with van der Waals surface area (Å²) < 4.78 is 134. The molecule has 0 saturated heterocycles. The van der Waals surface area contributed by atoms with Gasteiger partial charge in [0.05, 0.1) is 0 Å². The number of Topliss-reactive ketones (excluding diaryl/α,β-unsaturated/α-hetero) is 1. The average molecular weight is 374 g/mol. The zero-order chi connectivity index (χ0) is 18.4. The summed E-state index contributed by atoms with van der Waals surface area (Å²) in [5, 5.41) is 0. The van der Waals surface area contributed by atoms with Crippen molar-refractivity contribution in [3.8, 4) is 0 Å². The van der Waals surface area contributed by atoms with Crippen LogP contribution in [0.15, 0.2) is 0 Å². The summed E-state index contributed by atoms with van der Waals surface area (Å²) in [5.74, 6) is -22.4. The largest absolute Gasteiger partial charge is 0.454 e. The van der Waals surface area contributed by atoms with E-state index in [1.165, 1.54) is 0 Å². The van der Waals surface area contributed by atoms with Crippen LogP contribution >= 0.6 is 7.60 Å². The fourth-order valence-electron chi connectivity index (χ4n) is 1.25. The van der Waals surface area contributed by atoms with Gasteiger partial charge in [0, 0.05) is 0 Å². The smallest absolute Gasteiger partial charge is 0.324 e. The standard InChI is InChI=1S/C7H5F10O4P/c8-4(9,6(12,13)14)3(2(18)1-22(19,20)21)5(10,11)7(15,16)17/h3H,1H2,(H2,19,20,21). The molecule has 0 radical (unpaired) electrons. The molecule has 0 aliphatic heterocycles. The van der Waals surface area contributed by atoms with E-state index in [4.69, 9.17) is 9.79 Å². The molecule has 0 spiro atoms. The van der Waals surface area contributed by atoms with Gasteiger partial charge in [-0.3, -0.25) is 9.36 Å². The van der Waals surface area contributed by atoms with E-state index in [2.05, 4.69) is 0 Å². The number of rotatable bonds is 5. The van der Waals surface area contributed by atoms with Gasteiger partial charge in [-0.25, -0.2) is 0 Å². The summed E-state index contributed by atoms with van der Waals surface area (Å²) in [7, 11) is -5.77. The van der Waals surface area contributed by atoms with Gasteiger partial charge < -0.3 is 9.79 Å². The predicted octanol–water partition coefficient (Wildman–Crippen LogP) is 2.74. The summed E-state index contributed by atoms with van der Waals surface area (Å²) in [6.45, 7) is 0. The number of alkyl halides is 10. The number of hydrogen-bond donors (Lipinski definition) is 2. The van der Waals surface area contributed by atoms with E-state index < -0.39 is 49.7 Å². The highest BCUT2D eigenvalue weighted by Crippen LogP contribution is 2.53. The number of carbonyl (C=O) groups excluding carboxylic acids is 1. The molecule has 0 aromatic rings. The molecule has 0 saturated carbocycles. The van der Waals surface area contributed by atoms with Crippen LogP contribution in [0, 0.1) is 5.92 Å². The number of hydrogen-bond acceptors (Lipinski definition) is 2. The lowest BCUT2D eigenvalue weighted by Crippen LogP contribution is -2.60. The maximum atomic E-state index is 12.9. The Kier molecular flexibility index (Phi) is 5.41. The van der Waals surface area contributed by atoms with E-state index >= 15 is 0 Å². The van der Waals surface area contributed by atoms with Crippen molar-refractivity contribution in [1.29, 1.82) is 0 Å². The van der Waals surface area contributed by atoms with Gasteiger partial charge in [0.15, 0.2) is 11.7 Å². The van der Waals surface area contributed by atoms with Crippen molar-refractivity contribution < 1.29 is 63.1 Å².